The molecule has 1 aliphatic carbocycles. The van der Waals surface area contributed by atoms with E-state index in [-0.39, 0.29) is 21.7 Å². The van der Waals surface area contributed by atoms with Crippen molar-refractivity contribution in [3.8, 4) is 0 Å². The molecule has 8 nitrogen and oxygen atoms in total. The van der Waals surface area contributed by atoms with Crippen LogP contribution in [-0.4, -0.2) is 52.7 Å². The largest absolute Gasteiger partial charge is 0.308 e. The molecule has 1 aliphatic heterocycles. The van der Waals surface area contributed by atoms with Crippen molar-refractivity contribution in [3.63, 3.8) is 0 Å². The second-order valence-electron chi connectivity index (χ2n) is 9.53. The summed E-state index contributed by atoms with van der Waals surface area (Å²) in [5.41, 5.74) is 1.89. The molecule has 0 atom stereocenters. The number of carbonyl (C=O) groups excluding carboxylic acids is 1. The van der Waals surface area contributed by atoms with E-state index in [0.717, 1.165) is 44.1 Å². The molecule has 0 saturated heterocycles. The van der Waals surface area contributed by atoms with E-state index in [1.807, 2.05) is 13.8 Å². The van der Waals surface area contributed by atoms with Crippen molar-refractivity contribution in [1.82, 2.24) is 9.03 Å². The first-order valence-corrected chi connectivity index (χ1v) is 15.7. The van der Waals surface area contributed by atoms with Crippen molar-refractivity contribution in [1.29, 1.82) is 0 Å². The van der Waals surface area contributed by atoms with Crippen LogP contribution in [0.5, 0.6) is 0 Å². The molecule has 1 fully saturated rings. The molecular weight excluding hydrogens is 498 g/mol. The number of carbonyl (C=O) groups is 1. The van der Waals surface area contributed by atoms with Crippen LogP contribution in [0.15, 0.2) is 52.3 Å². The van der Waals surface area contributed by atoms with Crippen LogP contribution in [0.2, 0.25) is 0 Å². The molecule has 2 aromatic carbocycles. The zero-order valence-electron chi connectivity index (χ0n) is 20.9. The molecule has 196 valence electrons. The molecular formula is C26H35N3O5S2. The minimum absolute atomic E-state index is 0.0101. The Morgan fingerprint density at radius 3 is 2.17 bits per heavy atom. The highest BCUT2D eigenvalue weighted by Gasteiger charge is 2.29. The maximum absolute atomic E-state index is 13.3. The average molecular weight is 534 g/mol. The maximum Gasteiger partial charge on any atom is 0.258 e. The van der Waals surface area contributed by atoms with E-state index < -0.39 is 20.0 Å². The highest BCUT2D eigenvalue weighted by atomic mass is 32.2. The lowest BCUT2D eigenvalue weighted by atomic mass is 10.1. The summed E-state index contributed by atoms with van der Waals surface area (Å²) in [6.07, 6.45) is 5.81. The molecule has 36 heavy (non-hydrogen) atoms. The molecule has 1 saturated carbocycles. The van der Waals surface area contributed by atoms with Crippen LogP contribution < -0.4 is 9.62 Å². The summed E-state index contributed by atoms with van der Waals surface area (Å²) in [5, 5.41) is 0. The summed E-state index contributed by atoms with van der Waals surface area (Å²) in [4.78, 5) is 15.3. The zero-order chi connectivity index (χ0) is 25.9. The van der Waals surface area contributed by atoms with Gasteiger partial charge in [-0.05, 0) is 80.1 Å². The second kappa shape index (κ2) is 11.0. The molecule has 10 heteroatoms. The van der Waals surface area contributed by atoms with E-state index in [4.69, 9.17) is 0 Å². The number of nitrogens with zero attached hydrogens (tertiary/aromatic N) is 2. The normalized spacial score (nSPS) is 16.6. The van der Waals surface area contributed by atoms with Gasteiger partial charge in [0.25, 0.3) is 5.91 Å². The standard InChI is InChI=1S/C26H35N3O5S2/c1-3-16-28(17-4-2)36(33,34)23-11-9-20(10-12-23)26(30)29-18-15-21-19-24(13-14-25(21)29)35(31,32)27-22-7-5-6-8-22/h9-14,19,22,27H,3-8,15-18H2,1-2H3. The number of anilines is 1. The number of hydrogen-bond donors (Lipinski definition) is 1. The van der Waals surface area contributed by atoms with Crippen LogP contribution in [-0.2, 0) is 26.5 Å². The lowest BCUT2D eigenvalue weighted by Crippen LogP contribution is -2.33. The van der Waals surface area contributed by atoms with Crippen LogP contribution in [0.4, 0.5) is 5.69 Å². The van der Waals surface area contributed by atoms with Gasteiger partial charge < -0.3 is 4.90 Å². The first-order chi connectivity index (χ1) is 17.2. The van der Waals surface area contributed by atoms with Crippen molar-refractivity contribution in [2.75, 3.05) is 24.5 Å². The highest BCUT2D eigenvalue weighted by Crippen LogP contribution is 2.32. The Hall–Kier alpha value is -2.27. The Labute approximate surface area is 214 Å². The van der Waals surface area contributed by atoms with Gasteiger partial charge in [0, 0.05) is 36.9 Å². The molecule has 0 unspecified atom stereocenters. The fraction of sp³-hybridized carbons (Fsp3) is 0.500. The van der Waals surface area contributed by atoms with Gasteiger partial charge in [-0.15, -0.1) is 0 Å². The Bertz CT molecular complexity index is 1300. The van der Waals surface area contributed by atoms with Gasteiger partial charge in [-0.25, -0.2) is 21.6 Å². The molecule has 2 aromatic rings. The van der Waals surface area contributed by atoms with Crippen LogP contribution >= 0.6 is 0 Å². The van der Waals surface area contributed by atoms with Crippen molar-refractivity contribution < 1.29 is 21.6 Å². The Balaban J connectivity index is 1.51. The van der Waals surface area contributed by atoms with E-state index in [1.165, 1.54) is 16.4 Å². The fourth-order valence-corrected chi connectivity index (χ4v) is 7.99. The van der Waals surface area contributed by atoms with Crippen molar-refractivity contribution in [2.24, 2.45) is 0 Å². The monoisotopic (exact) mass is 533 g/mol. The van der Waals surface area contributed by atoms with Crippen molar-refractivity contribution in [2.45, 2.75) is 74.6 Å². The minimum atomic E-state index is -3.62. The first kappa shape index (κ1) is 26.8. The lowest BCUT2D eigenvalue weighted by Gasteiger charge is -2.21. The number of fused-ring (bicyclic) bond motifs is 1. The number of amides is 1. The topological polar surface area (TPSA) is 104 Å². The summed E-state index contributed by atoms with van der Waals surface area (Å²) in [6, 6.07) is 11.0. The molecule has 0 spiro atoms. The van der Waals surface area contributed by atoms with Crippen molar-refractivity contribution in [3.05, 3.63) is 53.6 Å². The first-order valence-electron chi connectivity index (χ1n) is 12.7. The summed E-state index contributed by atoms with van der Waals surface area (Å²) in [7, 11) is -7.22. The molecule has 0 aromatic heterocycles. The number of hydrogen-bond acceptors (Lipinski definition) is 5. The van der Waals surface area contributed by atoms with E-state index in [0.29, 0.717) is 37.3 Å². The van der Waals surface area contributed by atoms with Gasteiger partial charge in [0.1, 0.15) is 0 Å². The predicted molar refractivity (Wildman–Crippen MR) is 140 cm³/mol. The van der Waals surface area contributed by atoms with Crippen LogP contribution in [0.25, 0.3) is 0 Å². The second-order valence-corrected chi connectivity index (χ2v) is 13.2. The van der Waals surface area contributed by atoms with Gasteiger partial charge in [0.2, 0.25) is 20.0 Å². The summed E-state index contributed by atoms with van der Waals surface area (Å²) in [6.45, 7) is 5.23. The third-order valence-corrected chi connectivity index (χ3v) is 10.3. The van der Waals surface area contributed by atoms with E-state index >= 15 is 0 Å². The van der Waals surface area contributed by atoms with Gasteiger partial charge in [-0.1, -0.05) is 26.7 Å². The van der Waals surface area contributed by atoms with Gasteiger partial charge in [0.15, 0.2) is 0 Å². The smallest absolute Gasteiger partial charge is 0.258 e. The van der Waals surface area contributed by atoms with E-state index in [9.17, 15) is 21.6 Å². The van der Waals surface area contributed by atoms with Gasteiger partial charge >= 0.3 is 0 Å². The maximum atomic E-state index is 13.3. The van der Waals surface area contributed by atoms with Crippen LogP contribution in [0.1, 0.15) is 68.3 Å². The molecule has 1 amide bonds. The van der Waals surface area contributed by atoms with Gasteiger partial charge in [0.05, 0.1) is 9.79 Å². The molecule has 4 rings (SSSR count). The van der Waals surface area contributed by atoms with E-state index in [2.05, 4.69) is 4.72 Å². The molecule has 1 heterocycles. The molecule has 0 radical (unpaired) electrons. The number of benzene rings is 2. The average Bonchev–Trinajstić information content (AvgIpc) is 3.52. The third kappa shape index (κ3) is 5.51. The Morgan fingerprint density at radius 2 is 1.56 bits per heavy atom. The zero-order valence-corrected chi connectivity index (χ0v) is 22.6. The number of sulfonamides is 2. The van der Waals surface area contributed by atoms with Crippen LogP contribution in [0, 0.1) is 0 Å². The quantitative estimate of drug-likeness (QED) is 0.499. The highest BCUT2D eigenvalue weighted by molar-refractivity contribution is 7.89. The van der Waals surface area contributed by atoms with Gasteiger partial charge in [-0.3, -0.25) is 4.79 Å². The summed E-state index contributed by atoms with van der Waals surface area (Å²) < 4.78 is 56.0. The minimum Gasteiger partial charge on any atom is -0.308 e. The summed E-state index contributed by atoms with van der Waals surface area (Å²) in [5.74, 6) is -0.239. The summed E-state index contributed by atoms with van der Waals surface area (Å²) >= 11 is 0. The fourth-order valence-electron chi connectivity index (χ4n) is 5.01. The SMILES string of the molecule is CCCN(CCC)S(=O)(=O)c1ccc(C(=O)N2CCc3cc(S(=O)(=O)NC4CCCC4)ccc32)cc1. The Morgan fingerprint density at radius 1 is 0.944 bits per heavy atom. The Kier molecular flexibility index (Phi) is 8.18. The van der Waals surface area contributed by atoms with Gasteiger partial charge in [-0.2, -0.15) is 4.31 Å². The number of nitrogens with one attached hydrogen (secondary N) is 1. The lowest BCUT2D eigenvalue weighted by molar-refractivity contribution is 0.0989. The predicted octanol–water partition coefficient (Wildman–Crippen LogP) is 3.92. The van der Waals surface area contributed by atoms with E-state index in [1.54, 1.807) is 35.2 Å². The third-order valence-electron chi connectivity index (χ3n) is 6.86. The molecule has 0 bridgehead atoms. The number of rotatable bonds is 10. The van der Waals surface area contributed by atoms with Crippen LogP contribution in [0.3, 0.4) is 0 Å². The molecule has 2 aliphatic rings. The van der Waals surface area contributed by atoms with Crippen molar-refractivity contribution >= 4 is 31.6 Å². The molecule has 1 N–H and O–H groups in total.